The van der Waals surface area contributed by atoms with Crippen LogP contribution in [0.3, 0.4) is 0 Å². The fourth-order valence-electron chi connectivity index (χ4n) is 3.04. The van der Waals surface area contributed by atoms with Gasteiger partial charge in [-0.25, -0.2) is 0 Å². The molecule has 3 rings (SSSR count). The molecule has 1 N–H and O–H groups in total. The second kappa shape index (κ2) is 7.35. The third-order valence-electron chi connectivity index (χ3n) is 4.43. The molecular formula is C19H26N4O2. The summed E-state index contributed by atoms with van der Waals surface area (Å²) in [6, 6.07) is 10.2. The summed E-state index contributed by atoms with van der Waals surface area (Å²) >= 11 is 0. The van der Waals surface area contributed by atoms with Gasteiger partial charge in [-0.3, -0.25) is 9.69 Å². The van der Waals surface area contributed by atoms with Crippen molar-refractivity contribution in [2.45, 2.75) is 58.2 Å². The number of rotatable bonds is 5. The van der Waals surface area contributed by atoms with Crippen LogP contribution < -0.4 is 5.32 Å². The molecule has 6 heteroatoms. The fourth-order valence-corrected chi connectivity index (χ4v) is 3.04. The molecule has 25 heavy (non-hydrogen) atoms. The minimum absolute atomic E-state index is 0.0375. The predicted octanol–water partition coefficient (Wildman–Crippen LogP) is 2.65. The van der Waals surface area contributed by atoms with Crippen LogP contribution in [-0.2, 0) is 23.3 Å². The first-order valence-corrected chi connectivity index (χ1v) is 8.82. The van der Waals surface area contributed by atoms with Gasteiger partial charge in [-0.1, -0.05) is 56.3 Å². The molecule has 1 aliphatic rings. The molecule has 0 unspecified atom stereocenters. The van der Waals surface area contributed by atoms with E-state index in [1.165, 1.54) is 5.56 Å². The molecule has 1 aromatic carbocycles. The Bertz CT molecular complexity index is 706. The molecule has 1 aliphatic heterocycles. The normalized spacial score (nSPS) is 18.4. The molecule has 134 valence electrons. The number of nitrogens with zero attached hydrogens (tertiary/aromatic N) is 3. The lowest BCUT2D eigenvalue weighted by Crippen LogP contribution is -2.42. The van der Waals surface area contributed by atoms with Gasteiger partial charge in [0.25, 0.3) is 0 Å². The molecule has 2 aromatic rings. The molecule has 0 aliphatic carbocycles. The summed E-state index contributed by atoms with van der Waals surface area (Å²) in [5.74, 6) is 1.14. The van der Waals surface area contributed by atoms with Crippen molar-refractivity contribution in [3.63, 3.8) is 0 Å². The van der Waals surface area contributed by atoms with Crippen molar-refractivity contribution in [3.05, 3.63) is 47.6 Å². The summed E-state index contributed by atoms with van der Waals surface area (Å²) in [5, 5.41) is 6.91. The molecule has 0 saturated carbocycles. The van der Waals surface area contributed by atoms with Crippen LogP contribution in [0.15, 0.2) is 34.9 Å². The van der Waals surface area contributed by atoms with Gasteiger partial charge < -0.3 is 9.84 Å². The summed E-state index contributed by atoms with van der Waals surface area (Å²) in [7, 11) is 0. The third-order valence-corrected chi connectivity index (χ3v) is 4.43. The zero-order chi connectivity index (χ0) is 17.9. The fraction of sp³-hybridized carbons (Fsp3) is 0.526. The van der Waals surface area contributed by atoms with Crippen LogP contribution in [0.1, 0.15) is 50.9 Å². The van der Waals surface area contributed by atoms with Gasteiger partial charge in [-0.2, -0.15) is 4.98 Å². The first kappa shape index (κ1) is 17.6. The van der Waals surface area contributed by atoms with Crippen LogP contribution >= 0.6 is 0 Å². The molecule has 0 spiro atoms. The van der Waals surface area contributed by atoms with E-state index < -0.39 is 0 Å². The van der Waals surface area contributed by atoms with E-state index in [0.29, 0.717) is 18.3 Å². The van der Waals surface area contributed by atoms with Gasteiger partial charge in [0.2, 0.25) is 11.8 Å². The summed E-state index contributed by atoms with van der Waals surface area (Å²) in [5.41, 5.74) is 1.04. The number of carbonyl (C=O) groups excluding carboxylic acids is 1. The average molecular weight is 342 g/mol. The molecule has 1 fully saturated rings. The van der Waals surface area contributed by atoms with E-state index >= 15 is 0 Å². The lowest BCUT2D eigenvalue weighted by Gasteiger charge is -2.23. The highest BCUT2D eigenvalue weighted by Gasteiger charge is 2.30. The second-order valence-electron chi connectivity index (χ2n) is 7.60. The van der Waals surface area contributed by atoms with Gasteiger partial charge in [0, 0.05) is 12.0 Å². The topological polar surface area (TPSA) is 71.3 Å². The highest BCUT2D eigenvalue weighted by Crippen LogP contribution is 2.21. The number of nitrogens with one attached hydrogen (secondary N) is 1. The molecule has 1 atom stereocenters. The third kappa shape index (κ3) is 4.45. The lowest BCUT2D eigenvalue weighted by molar-refractivity contribution is -0.125. The highest BCUT2D eigenvalue weighted by atomic mass is 16.5. The van der Waals surface area contributed by atoms with Crippen molar-refractivity contribution in [1.29, 1.82) is 0 Å². The predicted molar refractivity (Wildman–Crippen MR) is 94.7 cm³/mol. The summed E-state index contributed by atoms with van der Waals surface area (Å²) < 4.78 is 5.26. The Balaban J connectivity index is 1.56. The Labute approximate surface area is 148 Å². The molecule has 2 heterocycles. The second-order valence-corrected chi connectivity index (χ2v) is 7.60. The van der Waals surface area contributed by atoms with Crippen molar-refractivity contribution >= 4 is 5.91 Å². The molecular weight excluding hydrogens is 316 g/mol. The maximum atomic E-state index is 12.6. The van der Waals surface area contributed by atoms with E-state index in [-0.39, 0.29) is 17.4 Å². The van der Waals surface area contributed by atoms with Gasteiger partial charge in [0.1, 0.15) is 0 Å². The van der Waals surface area contributed by atoms with E-state index in [1.807, 2.05) is 39.0 Å². The smallest absolute Gasteiger partial charge is 0.237 e. The van der Waals surface area contributed by atoms with Gasteiger partial charge in [0.15, 0.2) is 5.82 Å². The van der Waals surface area contributed by atoms with Crippen molar-refractivity contribution in [2.75, 3.05) is 6.54 Å². The first-order valence-electron chi connectivity index (χ1n) is 8.82. The maximum Gasteiger partial charge on any atom is 0.237 e. The first-order chi connectivity index (χ1) is 11.9. The van der Waals surface area contributed by atoms with Crippen molar-refractivity contribution in [3.8, 4) is 0 Å². The van der Waals surface area contributed by atoms with E-state index in [2.05, 4.69) is 32.5 Å². The van der Waals surface area contributed by atoms with E-state index in [1.54, 1.807) is 0 Å². The van der Waals surface area contributed by atoms with Crippen LogP contribution in [0.4, 0.5) is 0 Å². The molecule has 1 saturated heterocycles. The van der Waals surface area contributed by atoms with Gasteiger partial charge in [0.05, 0.1) is 12.6 Å². The van der Waals surface area contributed by atoms with Crippen LogP contribution in [0.2, 0.25) is 0 Å². The number of likely N-dealkylation sites (tertiary alicyclic amines) is 1. The summed E-state index contributed by atoms with van der Waals surface area (Å²) in [6.07, 6.45) is 1.93. The van der Waals surface area contributed by atoms with E-state index in [9.17, 15) is 4.79 Å². The number of hydrogen-bond donors (Lipinski definition) is 1. The van der Waals surface area contributed by atoms with Gasteiger partial charge in [-0.15, -0.1) is 0 Å². The molecule has 6 nitrogen and oxygen atoms in total. The van der Waals surface area contributed by atoms with Gasteiger partial charge >= 0.3 is 0 Å². The minimum Gasteiger partial charge on any atom is -0.347 e. The SMILES string of the molecule is CC(C)(C)c1nc(CNC(=O)[C@@H]2CCCN2Cc2ccccc2)no1. The van der Waals surface area contributed by atoms with Crippen LogP contribution in [-0.4, -0.2) is 33.5 Å². The average Bonchev–Trinajstić information content (AvgIpc) is 3.22. The number of carbonyl (C=O) groups is 1. The standard InChI is InChI=1S/C19H26N4O2/c1-19(2,3)18-21-16(22-25-18)12-20-17(24)15-10-7-11-23(15)13-14-8-5-4-6-9-14/h4-6,8-9,15H,7,10-13H2,1-3H3,(H,20,24)/t15-/m0/s1. The summed E-state index contributed by atoms with van der Waals surface area (Å²) in [4.78, 5) is 19.2. The maximum absolute atomic E-state index is 12.6. The Morgan fingerprint density at radius 3 is 2.76 bits per heavy atom. The molecule has 0 bridgehead atoms. The van der Waals surface area contributed by atoms with E-state index in [4.69, 9.17) is 4.52 Å². The van der Waals surface area contributed by atoms with Crippen LogP contribution in [0.5, 0.6) is 0 Å². The zero-order valence-corrected chi connectivity index (χ0v) is 15.2. The van der Waals surface area contributed by atoms with Gasteiger partial charge in [-0.05, 0) is 24.9 Å². The number of aromatic nitrogens is 2. The minimum atomic E-state index is -0.187. The van der Waals surface area contributed by atoms with Crippen molar-refractivity contribution in [2.24, 2.45) is 0 Å². The Kier molecular flexibility index (Phi) is 5.18. The largest absolute Gasteiger partial charge is 0.347 e. The lowest BCUT2D eigenvalue weighted by atomic mass is 9.97. The Morgan fingerprint density at radius 1 is 1.32 bits per heavy atom. The molecule has 1 amide bonds. The highest BCUT2D eigenvalue weighted by molar-refractivity contribution is 5.81. The van der Waals surface area contributed by atoms with E-state index in [0.717, 1.165) is 25.9 Å². The summed E-state index contributed by atoms with van der Waals surface area (Å²) in [6.45, 7) is 8.10. The monoisotopic (exact) mass is 342 g/mol. The quantitative estimate of drug-likeness (QED) is 0.904. The number of benzene rings is 1. The Hall–Kier alpha value is -2.21. The Morgan fingerprint density at radius 2 is 2.08 bits per heavy atom. The van der Waals surface area contributed by atoms with Crippen molar-refractivity contribution < 1.29 is 9.32 Å². The van der Waals surface area contributed by atoms with Crippen LogP contribution in [0, 0.1) is 0 Å². The molecule has 0 radical (unpaired) electrons. The van der Waals surface area contributed by atoms with Crippen LogP contribution in [0.25, 0.3) is 0 Å². The zero-order valence-electron chi connectivity index (χ0n) is 15.2. The van der Waals surface area contributed by atoms with Crippen molar-refractivity contribution in [1.82, 2.24) is 20.4 Å². The number of hydrogen-bond acceptors (Lipinski definition) is 5. The number of amides is 1. The molecule has 1 aromatic heterocycles.